The highest BCUT2D eigenvalue weighted by Gasteiger charge is 2.26. The first-order chi connectivity index (χ1) is 11.8. The Balaban J connectivity index is 1.75. The van der Waals surface area contributed by atoms with Crippen molar-refractivity contribution in [3.63, 3.8) is 0 Å². The highest BCUT2D eigenvalue weighted by molar-refractivity contribution is 5.93. The van der Waals surface area contributed by atoms with E-state index < -0.39 is 6.10 Å². The molecule has 24 heavy (non-hydrogen) atoms. The molecule has 4 rings (SSSR count). The molecule has 1 heterocycles. The van der Waals surface area contributed by atoms with E-state index in [9.17, 15) is 4.79 Å². The number of fused-ring (bicyclic) bond motifs is 2. The van der Waals surface area contributed by atoms with E-state index in [0.29, 0.717) is 13.2 Å². The Kier molecular flexibility index (Phi) is 4.11. The maximum atomic E-state index is 11.9. The molecule has 2 aromatic carbocycles. The monoisotopic (exact) mass is 322 g/mol. The highest BCUT2D eigenvalue weighted by atomic mass is 16.6. The lowest BCUT2D eigenvalue weighted by molar-refractivity contribution is -0.164. The molecule has 3 nitrogen and oxygen atoms in total. The molecule has 0 amide bonds. The van der Waals surface area contributed by atoms with Crippen molar-refractivity contribution in [2.45, 2.75) is 45.3 Å². The molecule has 1 aliphatic heterocycles. The summed E-state index contributed by atoms with van der Waals surface area (Å²) in [7, 11) is 0. The maximum absolute atomic E-state index is 11.9. The summed E-state index contributed by atoms with van der Waals surface area (Å²) in [6.45, 7) is 3.18. The van der Waals surface area contributed by atoms with Crippen LogP contribution in [0.1, 0.15) is 41.5 Å². The molecule has 0 bridgehead atoms. The van der Waals surface area contributed by atoms with Crippen molar-refractivity contribution < 1.29 is 14.3 Å². The Morgan fingerprint density at radius 3 is 2.92 bits per heavy atom. The Morgan fingerprint density at radius 2 is 2.08 bits per heavy atom. The average molecular weight is 322 g/mol. The van der Waals surface area contributed by atoms with E-state index in [4.69, 9.17) is 9.47 Å². The Hall–Kier alpha value is -2.13. The van der Waals surface area contributed by atoms with Gasteiger partial charge in [0.05, 0.1) is 13.2 Å². The summed E-state index contributed by atoms with van der Waals surface area (Å²) in [5, 5.41) is 2.51. The van der Waals surface area contributed by atoms with E-state index in [2.05, 4.69) is 43.3 Å². The van der Waals surface area contributed by atoms with Crippen LogP contribution in [0.5, 0.6) is 0 Å². The van der Waals surface area contributed by atoms with Crippen LogP contribution < -0.4 is 0 Å². The van der Waals surface area contributed by atoms with Gasteiger partial charge < -0.3 is 9.47 Å². The molecule has 1 unspecified atom stereocenters. The van der Waals surface area contributed by atoms with Crippen molar-refractivity contribution in [2.24, 2.45) is 0 Å². The van der Waals surface area contributed by atoms with Crippen LogP contribution in [0.25, 0.3) is 16.8 Å². The zero-order valence-corrected chi connectivity index (χ0v) is 14.0. The van der Waals surface area contributed by atoms with Gasteiger partial charge in [-0.15, -0.1) is 0 Å². The number of benzene rings is 2. The largest absolute Gasteiger partial charge is 0.464 e. The zero-order valence-electron chi connectivity index (χ0n) is 14.0. The molecule has 0 saturated carbocycles. The van der Waals surface area contributed by atoms with E-state index >= 15 is 0 Å². The van der Waals surface area contributed by atoms with Gasteiger partial charge in [-0.2, -0.15) is 0 Å². The number of hydrogen-bond acceptors (Lipinski definition) is 3. The van der Waals surface area contributed by atoms with Gasteiger partial charge in [0.2, 0.25) is 0 Å². The molecule has 1 atom stereocenters. The summed E-state index contributed by atoms with van der Waals surface area (Å²) in [6.07, 6.45) is 7.78. The molecule has 0 N–H and O–H groups in total. The van der Waals surface area contributed by atoms with E-state index in [1.165, 1.54) is 33.0 Å². The minimum Gasteiger partial charge on any atom is -0.464 e. The first-order valence-electron chi connectivity index (χ1n) is 8.73. The molecule has 0 radical (unpaired) electrons. The molecule has 124 valence electrons. The molecular formula is C21H22O3. The highest BCUT2D eigenvalue weighted by Crippen LogP contribution is 2.35. The second-order valence-electron chi connectivity index (χ2n) is 6.59. The van der Waals surface area contributed by atoms with Crippen LogP contribution in [0.2, 0.25) is 0 Å². The van der Waals surface area contributed by atoms with Gasteiger partial charge in [0.25, 0.3) is 0 Å². The third kappa shape index (κ3) is 2.63. The topological polar surface area (TPSA) is 35.5 Å². The van der Waals surface area contributed by atoms with Crippen molar-refractivity contribution in [2.75, 3.05) is 6.61 Å². The molecule has 1 fully saturated rings. The molecule has 0 aromatic heterocycles. The van der Waals surface area contributed by atoms with Crippen molar-refractivity contribution in [3.8, 4) is 0 Å². The number of carbonyl (C=O) groups is 1. The third-order valence-electron chi connectivity index (χ3n) is 5.14. The summed E-state index contributed by atoms with van der Waals surface area (Å²) < 4.78 is 11.1. The lowest BCUT2D eigenvalue weighted by Crippen LogP contribution is -2.31. The van der Waals surface area contributed by atoms with E-state index in [-0.39, 0.29) is 5.97 Å². The fraction of sp³-hybridized carbons (Fsp3) is 0.381. The van der Waals surface area contributed by atoms with Crippen LogP contribution in [0.3, 0.4) is 0 Å². The number of cyclic esters (lactones) is 1. The molecule has 2 aliphatic rings. The maximum Gasteiger partial charge on any atom is 0.335 e. The van der Waals surface area contributed by atoms with Crippen molar-refractivity contribution in [1.29, 1.82) is 0 Å². The van der Waals surface area contributed by atoms with Gasteiger partial charge in [-0.05, 0) is 65.6 Å². The summed E-state index contributed by atoms with van der Waals surface area (Å²) >= 11 is 0. The Bertz CT molecular complexity index is 819. The van der Waals surface area contributed by atoms with Crippen LogP contribution in [0.4, 0.5) is 0 Å². The number of aryl methyl sites for hydroxylation is 1. The van der Waals surface area contributed by atoms with Crippen LogP contribution in [0.15, 0.2) is 30.3 Å². The summed E-state index contributed by atoms with van der Waals surface area (Å²) in [5.74, 6) is -0.216. The van der Waals surface area contributed by atoms with E-state index in [1.807, 2.05) is 0 Å². The summed E-state index contributed by atoms with van der Waals surface area (Å²) in [6, 6.07) is 8.49. The number of ether oxygens (including phenoxy) is 2. The number of carbonyl (C=O) groups excluding carboxylic acids is 1. The van der Waals surface area contributed by atoms with Gasteiger partial charge in [0.15, 0.2) is 6.10 Å². The van der Waals surface area contributed by atoms with Crippen molar-refractivity contribution in [3.05, 3.63) is 52.6 Å². The normalized spacial score (nSPS) is 20.0. The van der Waals surface area contributed by atoms with Gasteiger partial charge in [-0.1, -0.05) is 36.4 Å². The van der Waals surface area contributed by atoms with Gasteiger partial charge in [-0.3, -0.25) is 0 Å². The number of rotatable bonds is 3. The number of esters is 1. The second kappa shape index (κ2) is 6.40. The predicted octanol–water partition coefficient (Wildman–Crippen LogP) is 4.33. The summed E-state index contributed by atoms with van der Waals surface area (Å²) in [4.78, 5) is 11.9. The van der Waals surface area contributed by atoms with Gasteiger partial charge >= 0.3 is 5.97 Å². The van der Waals surface area contributed by atoms with Crippen LogP contribution >= 0.6 is 0 Å². The third-order valence-corrected chi connectivity index (χ3v) is 5.14. The number of allylic oxidation sites excluding steroid dienone is 1. The van der Waals surface area contributed by atoms with Crippen LogP contribution in [-0.2, 0) is 27.3 Å². The molecule has 1 aliphatic carbocycles. The number of hydrogen-bond donors (Lipinski definition) is 0. The quantitative estimate of drug-likeness (QED) is 0.789. The molecular weight excluding hydrogens is 300 g/mol. The minimum absolute atomic E-state index is 0.216. The fourth-order valence-corrected chi connectivity index (χ4v) is 3.86. The zero-order chi connectivity index (χ0) is 16.5. The van der Waals surface area contributed by atoms with Crippen LogP contribution in [0, 0.1) is 6.92 Å². The first-order valence-corrected chi connectivity index (χ1v) is 8.73. The predicted molar refractivity (Wildman–Crippen MR) is 94.8 cm³/mol. The molecule has 1 saturated heterocycles. The van der Waals surface area contributed by atoms with Crippen molar-refractivity contribution >= 4 is 22.8 Å². The smallest absolute Gasteiger partial charge is 0.335 e. The Labute approximate surface area is 142 Å². The van der Waals surface area contributed by atoms with Crippen molar-refractivity contribution in [1.82, 2.24) is 0 Å². The molecule has 2 aromatic rings. The SMILES string of the molecule is Cc1c2c(c(COC3CCCOC3=O)c3ccccc13)CCC=C2. The fourth-order valence-electron chi connectivity index (χ4n) is 3.86. The summed E-state index contributed by atoms with van der Waals surface area (Å²) in [5.41, 5.74) is 5.26. The van der Waals surface area contributed by atoms with Gasteiger partial charge in [0.1, 0.15) is 0 Å². The van der Waals surface area contributed by atoms with Crippen LogP contribution in [-0.4, -0.2) is 18.7 Å². The Morgan fingerprint density at radius 1 is 1.25 bits per heavy atom. The van der Waals surface area contributed by atoms with E-state index in [1.54, 1.807) is 0 Å². The van der Waals surface area contributed by atoms with Gasteiger partial charge in [-0.25, -0.2) is 4.79 Å². The minimum atomic E-state index is -0.423. The average Bonchev–Trinajstić information content (AvgIpc) is 2.63. The second-order valence-corrected chi connectivity index (χ2v) is 6.59. The molecule has 3 heteroatoms. The first kappa shape index (κ1) is 15.4. The van der Waals surface area contributed by atoms with E-state index in [0.717, 1.165) is 25.7 Å². The molecule has 0 spiro atoms. The standard InChI is InChI=1S/C21H22O3/c1-14-15-7-2-4-9-17(15)19(18-10-5-3-8-16(14)18)13-24-20-11-6-12-23-21(20)22/h2-4,7-9,20H,5-6,10-13H2,1H3. The van der Waals surface area contributed by atoms with Gasteiger partial charge in [0, 0.05) is 0 Å². The lowest BCUT2D eigenvalue weighted by Gasteiger charge is -2.25. The lowest BCUT2D eigenvalue weighted by atomic mass is 9.85.